The fraction of sp³-hybridized carbons (Fsp3) is 0.500. The predicted octanol–water partition coefficient (Wildman–Crippen LogP) is 2.84. The Labute approximate surface area is 121 Å². The summed E-state index contributed by atoms with van der Waals surface area (Å²) in [5.41, 5.74) is 7.42. The molecule has 0 saturated carbocycles. The molecule has 3 N–H and O–H groups in total. The lowest BCUT2D eigenvalue weighted by Crippen LogP contribution is -2.21. The highest BCUT2D eigenvalue weighted by Crippen LogP contribution is 2.14. The van der Waals surface area contributed by atoms with Crippen LogP contribution in [0.2, 0.25) is 0 Å². The van der Waals surface area contributed by atoms with Crippen molar-refractivity contribution in [1.29, 1.82) is 5.26 Å². The van der Waals surface area contributed by atoms with Crippen molar-refractivity contribution in [3.05, 3.63) is 29.8 Å². The monoisotopic (exact) mass is 273 g/mol. The van der Waals surface area contributed by atoms with Gasteiger partial charge in [0.1, 0.15) is 0 Å². The third-order valence-electron chi connectivity index (χ3n) is 3.25. The first-order chi connectivity index (χ1) is 9.52. The van der Waals surface area contributed by atoms with Crippen LogP contribution in [0.25, 0.3) is 0 Å². The third-order valence-corrected chi connectivity index (χ3v) is 3.25. The molecule has 0 aromatic heterocycles. The summed E-state index contributed by atoms with van der Waals surface area (Å²) >= 11 is 0. The summed E-state index contributed by atoms with van der Waals surface area (Å²) in [6.45, 7) is 3.91. The van der Waals surface area contributed by atoms with E-state index < -0.39 is 0 Å². The highest BCUT2D eigenvalue weighted by atomic mass is 16.1. The second kappa shape index (κ2) is 8.34. The van der Waals surface area contributed by atoms with Crippen molar-refractivity contribution in [2.45, 2.75) is 45.6 Å². The van der Waals surface area contributed by atoms with E-state index in [1.54, 1.807) is 0 Å². The van der Waals surface area contributed by atoms with Gasteiger partial charge >= 0.3 is 0 Å². The number of amides is 1. The number of carbonyl (C=O) groups excluding carboxylic acids is 1. The maximum absolute atomic E-state index is 12.0. The molecule has 0 bridgehead atoms. The van der Waals surface area contributed by atoms with Gasteiger partial charge in [0, 0.05) is 17.6 Å². The minimum Gasteiger partial charge on any atom is -0.328 e. The molecule has 108 valence electrons. The first-order valence-corrected chi connectivity index (χ1v) is 7.05. The zero-order chi connectivity index (χ0) is 15.0. The zero-order valence-electron chi connectivity index (χ0n) is 12.2. The molecular formula is C16H23N3O. The van der Waals surface area contributed by atoms with Crippen LogP contribution in [0, 0.1) is 17.2 Å². The average molecular weight is 273 g/mol. The summed E-state index contributed by atoms with van der Waals surface area (Å²) in [6.07, 6.45) is 3.15. The Morgan fingerprint density at radius 3 is 2.50 bits per heavy atom. The molecule has 4 nitrogen and oxygen atoms in total. The van der Waals surface area contributed by atoms with Gasteiger partial charge in [0.2, 0.25) is 5.91 Å². The number of hydrogen-bond acceptors (Lipinski definition) is 3. The van der Waals surface area contributed by atoms with Crippen LogP contribution in [0.3, 0.4) is 0 Å². The Bertz CT molecular complexity index is 460. The van der Waals surface area contributed by atoms with E-state index in [4.69, 9.17) is 11.0 Å². The molecule has 4 heteroatoms. The SMILES string of the molecule is CC(N)CCCC(C)C(=O)Nc1ccc(CC#N)cc1. The van der Waals surface area contributed by atoms with Crippen LogP contribution in [-0.4, -0.2) is 11.9 Å². The van der Waals surface area contributed by atoms with Crippen LogP contribution in [0.4, 0.5) is 5.69 Å². The summed E-state index contributed by atoms with van der Waals surface area (Å²) < 4.78 is 0. The first-order valence-electron chi connectivity index (χ1n) is 7.05. The number of anilines is 1. The number of benzene rings is 1. The Kier molecular flexibility index (Phi) is 6.75. The quantitative estimate of drug-likeness (QED) is 0.801. The lowest BCUT2D eigenvalue weighted by Gasteiger charge is -2.13. The third kappa shape index (κ3) is 5.85. The van der Waals surface area contributed by atoms with Crippen LogP contribution < -0.4 is 11.1 Å². The molecule has 1 rings (SSSR count). The molecule has 20 heavy (non-hydrogen) atoms. The molecule has 0 heterocycles. The summed E-state index contributed by atoms with van der Waals surface area (Å²) in [5.74, 6) is 0.00948. The Morgan fingerprint density at radius 2 is 1.95 bits per heavy atom. The molecule has 0 aliphatic rings. The van der Waals surface area contributed by atoms with Crippen LogP contribution in [0.15, 0.2) is 24.3 Å². The molecule has 0 saturated heterocycles. The standard InChI is InChI=1S/C16H23N3O/c1-12(4-3-5-13(2)18)16(20)19-15-8-6-14(7-9-15)10-11-17/h6-9,12-13H,3-5,10,18H2,1-2H3,(H,19,20). The number of nitrogens with one attached hydrogen (secondary N) is 1. The Balaban J connectivity index is 2.42. The molecule has 0 spiro atoms. The molecular weight excluding hydrogens is 250 g/mol. The second-order valence-electron chi connectivity index (χ2n) is 5.33. The van der Waals surface area contributed by atoms with E-state index in [2.05, 4.69) is 11.4 Å². The zero-order valence-corrected chi connectivity index (χ0v) is 12.2. The van der Waals surface area contributed by atoms with Crippen LogP contribution >= 0.6 is 0 Å². The van der Waals surface area contributed by atoms with E-state index >= 15 is 0 Å². The van der Waals surface area contributed by atoms with Gasteiger partial charge in [-0.25, -0.2) is 0 Å². The van der Waals surface area contributed by atoms with E-state index in [9.17, 15) is 4.79 Å². The fourth-order valence-electron chi connectivity index (χ4n) is 1.94. The summed E-state index contributed by atoms with van der Waals surface area (Å²) in [7, 11) is 0. The largest absolute Gasteiger partial charge is 0.328 e. The Hall–Kier alpha value is -1.86. The highest BCUT2D eigenvalue weighted by Gasteiger charge is 2.12. The van der Waals surface area contributed by atoms with Crippen molar-refractivity contribution < 1.29 is 4.79 Å². The van der Waals surface area contributed by atoms with Crippen LogP contribution in [0.1, 0.15) is 38.7 Å². The average Bonchev–Trinajstić information content (AvgIpc) is 2.40. The number of nitrogens with two attached hydrogens (primary N) is 1. The van der Waals surface area contributed by atoms with Crippen molar-refractivity contribution in [1.82, 2.24) is 0 Å². The summed E-state index contributed by atoms with van der Waals surface area (Å²) in [4.78, 5) is 12.0. The second-order valence-corrected chi connectivity index (χ2v) is 5.33. The van der Waals surface area contributed by atoms with Gasteiger partial charge < -0.3 is 11.1 Å². The van der Waals surface area contributed by atoms with Crippen molar-refractivity contribution in [2.24, 2.45) is 11.7 Å². The van der Waals surface area contributed by atoms with Crippen LogP contribution in [-0.2, 0) is 11.2 Å². The van der Waals surface area contributed by atoms with Gasteiger partial charge in [0.25, 0.3) is 0 Å². The van der Waals surface area contributed by atoms with Gasteiger partial charge in [-0.15, -0.1) is 0 Å². The van der Waals surface area contributed by atoms with Gasteiger partial charge in [0.05, 0.1) is 12.5 Å². The smallest absolute Gasteiger partial charge is 0.227 e. The molecule has 2 atom stereocenters. The maximum atomic E-state index is 12.0. The van der Waals surface area contributed by atoms with Gasteiger partial charge in [-0.05, 0) is 37.5 Å². The van der Waals surface area contributed by atoms with E-state index in [1.165, 1.54) is 0 Å². The van der Waals surface area contributed by atoms with E-state index in [0.717, 1.165) is 30.5 Å². The number of nitriles is 1. The van der Waals surface area contributed by atoms with E-state index in [0.29, 0.717) is 6.42 Å². The number of carbonyl (C=O) groups is 1. The molecule has 2 unspecified atom stereocenters. The van der Waals surface area contributed by atoms with Crippen molar-refractivity contribution in [2.75, 3.05) is 5.32 Å². The maximum Gasteiger partial charge on any atom is 0.227 e. The number of hydrogen-bond donors (Lipinski definition) is 2. The van der Waals surface area contributed by atoms with Gasteiger partial charge in [-0.3, -0.25) is 4.79 Å². The summed E-state index contributed by atoms with van der Waals surface area (Å²) in [6, 6.07) is 9.68. The lowest BCUT2D eigenvalue weighted by molar-refractivity contribution is -0.119. The molecule has 1 aromatic carbocycles. The minimum absolute atomic E-state index is 0.0208. The van der Waals surface area contributed by atoms with Crippen LogP contribution in [0.5, 0.6) is 0 Å². The molecule has 0 fully saturated rings. The fourth-order valence-corrected chi connectivity index (χ4v) is 1.94. The summed E-state index contributed by atoms with van der Waals surface area (Å²) in [5, 5.41) is 11.5. The van der Waals surface area contributed by atoms with Gasteiger partial charge in [0.15, 0.2) is 0 Å². The topological polar surface area (TPSA) is 78.9 Å². The molecule has 0 radical (unpaired) electrons. The molecule has 1 aromatic rings. The lowest BCUT2D eigenvalue weighted by atomic mass is 10.0. The number of rotatable bonds is 7. The number of nitrogens with zero attached hydrogens (tertiary/aromatic N) is 1. The van der Waals surface area contributed by atoms with Crippen molar-refractivity contribution >= 4 is 11.6 Å². The van der Waals surface area contributed by atoms with Crippen molar-refractivity contribution in [3.63, 3.8) is 0 Å². The Morgan fingerprint density at radius 1 is 1.30 bits per heavy atom. The molecule has 1 amide bonds. The predicted molar refractivity (Wildman–Crippen MR) is 81.1 cm³/mol. The van der Waals surface area contributed by atoms with E-state index in [-0.39, 0.29) is 17.9 Å². The normalized spacial score (nSPS) is 13.3. The highest BCUT2D eigenvalue weighted by molar-refractivity contribution is 5.92. The van der Waals surface area contributed by atoms with Gasteiger partial charge in [-0.1, -0.05) is 25.5 Å². The molecule has 0 aliphatic heterocycles. The first kappa shape index (κ1) is 16.2. The minimum atomic E-state index is -0.0208. The van der Waals surface area contributed by atoms with E-state index in [1.807, 2.05) is 38.1 Å². The van der Waals surface area contributed by atoms with Crippen molar-refractivity contribution in [3.8, 4) is 6.07 Å². The van der Waals surface area contributed by atoms with Gasteiger partial charge in [-0.2, -0.15) is 5.26 Å². The molecule has 0 aliphatic carbocycles.